The van der Waals surface area contributed by atoms with Gasteiger partial charge in [-0.1, -0.05) is 63.6 Å². The van der Waals surface area contributed by atoms with Gasteiger partial charge in [0.05, 0.1) is 5.57 Å². The number of Topliss-reactive ketones (excluding diaryl/α,β-unsaturated/α-hetero) is 1. The number of aliphatic hydroxyl groups excluding tert-OH is 1. The van der Waals surface area contributed by atoms with Gasteiger partial charge in [0.2, 0.25) is 0 Å². The van der Waals surface area contributed by atoms with Crippen LogP contribution in [0.4, 0.5) is 0 Å². The summed E-state index contributed by atoms with van der Waals surface area (Å²) in [7, 11) is 0. The average molecular weight is 437 g/mol. The molecule has 0 heterocycles. The molecule has 2 nitrogen and oxygen atoms in total. The van der Waals surface area contributed by atoms with E-state index in [4.69, 9.17) is 0 Å². The van der Waals surface area contributed by atoms with Gasteiger partial charge in [-0.25, -0.2) is 0 Å². The van der Waals surface area contributed by atoms with E-state index < -0.39 is 0 Å². The quantitative estimate of drug-likeness (QED) is 0.431. The second-order valence-corrected chi connectivity index (χ2v) is 10.2. The van der Waals surface area contributed by atoms with Crippen LogP contribution in [0.25, 0.3) is 5.57 Å². The summed E-state index contributed by atoms with van der Waals surface area (Å²) in [6.07, 6.45) is 3.81. The predicted molar refractivity (Wildman–Crippen MR) is 133 cm³/mol. The number of carbonyl (C=O) groups is 1. The maximum absolute atomic E-state index is 13.2. The molecular weight excluding hydrogens is 400 g/mol. The Kier molecular flexibility index (Phi) is 8.05. The Morgan fingerprint density at radius 3 is 2.29 bits per heavy atom. The molecule has 3 heteroatoms. The second-order valence-electron chi connectivity index (χ2n) is 9.01. The van der Waals surface area contributed by atoms with Gasteiger partial charge in [-0.05, 0) is 72.1 Å². The van der Waals surface area contributed by atoms with Gasteiger partial charge in [0.25, 0.3) is 0 Å². The van der Waals surface area contributed by atoms with Crippen LogP contribution in [0.3, 0.4) is 0 Å². The third-order valence-corrected chi connectivity index (χ3v) is 7.43. The van der Waals surface area contributed by atoms with Crippen molar-refractivity contribution in [3.05, 3.63) is 70.0 Å². The number of carbonyl (C=O) groups excluding carboxylic acids is 1. The van der Waals surface area contributed by atoms with Gasteiger partial charge in [-0.2, -0.15) is 0 Å². The lowest BCUT2D eigenvalue weighted by molar-refractivity contribution is -0.115. The zero-order valence-corrected chi connectivity index (χ0v) is 20.4. The number of thioether (sulfide) groups is 1. The van der Waals surface area contributed by atoms with Crippen LogP contribution in [0, 0.1) is 12.8 Å². The van der Waals surface area contributed by atoms with Gasteiger partial charge >= 0.3 is 0 Å². The van der Waals surface area contributed by atoms with Crippen LogP contribution >= 0.6 is 11.8 Å². The molecule has 1 unspecified atom stereocenters. The fourth-order valence-electron chi connectivity index (χ4n) is 4.71. The number of rotatable bonds is 8. The van der Waals surface area contributed by atoms with E-state index in [1.54, 1.807) is 0 Å². The standard InChI is InChI=1S/C28H36O2S/c1-6-21-14-19(5)15-22(7-2)27(21)28-24(29)16-20(17-25(28)30)12-13-31-26-11-9-8-10-23(26)18(3)4/h8-11,14-15,18,20,29H,6-7,12-13,16-17H2,1-5H3. The molecule has 2 aromatic carbocycles. The molecule has 0 saturated carbocycles. The molecule has 1 aliphatic rings. The fraction of sp³-hybridized carbons (Fsp3) is 0.464. The molecule has 31 heavy (non-hydrogen) atoms. The highest BCUT2D eigenvalue weighted by Crippen LogP contribution is 2.38. The van der Waals surface area contributed by atoms with E-state index >= 15 is 0 Å². The summed E-state index contributed by atoms with van der Waals surface area (Å²) in [6, 6.07) is 12.9. The van der Waals surface area contributed by atoms with Crippen LogP contribution in [0.2, 0.25) is 0 Å². The van der Waals surface area contributed by atoms with Crippen molar-refractivity contribution in [2.45, 2.75) is 77.5 Å². The minimum absolute atomic E-state index is 0.106. The van der Waals surface area contributed by atoms with Crippen LogP contribution in [0.5, 0.6) is 0 Å². The lowest BCUT2D eigenvalue weighted by atomic mass is 9.79. The Balaban J connectivity index is 1.75. The summed E-state index contributed by atoms with van der Waals surface area (Å²) in [5.41, 5.74) is 6.53. The summed E-state index contributed by atoms with van der Waals surface area (Å²) in [6.45, 7) is 10.8. The molecule has 1 atom stereocenters. The summed E-state index contributed by atoms with van der Waals surface area (Å²) in [5, 5.41) is 11.0. The molecule has 0 aliphatic heterocycles. The highest BCUT2D eigenvalue weighted by Gasteiger charge is 2.30. The number of allylic oxidation sites excluding steroid dienone is 2. The van der Waals surface area contributed by atoms with E-state index in [0.29, 0.717) is 30.1 Å². The van der Waals surface area contributed by atoms with E-state index in [2.05, 4.69) is 71.0 Å². The molecule has 3 rings (SSSR count). The van der Waals surface area contributed by atoms with Crippen molar-refractivity contribution >= 4 is 23.1 Å². The largest absolute Gasteiger partial charge is 0.512 e. The minimum atomic E-state index is 0.106. The van der Waals surface area contributed by atoms with Crippen LogP contribution in [0.1, 0.15) is 80.7 Å². The first-order valence-electron chi connectivity index (χ1n) is 11.6. The Labute approximate surface area is 192 Å². The van der Waals surface area contributed by atoms with Crippen molar-refractivity contribution in [1.82, 2.24) is 0 Å². The smallest absolute Gasteiger partial charge is 0.167 e. The van der Waals surface area contributed by atoms with Crippen molar-refractivity contribution in [2.75, 3.05) is 5.75 Å². The molecule has 0 radical (unpaired) electrons. The number of hydrogen-bond acceptors (Lipinski definition) is 3. The number of benzene rings is 2. The Morgan fingerprint density at radius 1 is 1.06 bits per heavy atom. The molecule has 166 valence electrons. The third-order valence-electron chi connectivity index (χ3n) is 6.31. The first-order chi connectivity index (χ1) is 14.8. The predicted octanol–water partition coefficient (Wildman–Crippen LogP) is 7.67. The SMILES string of the molecule is CCc1cc(C)cc(CC)c1C1=C(O)CC(CCSc2ccccc2C(C)C)CC1=O. The zero-order valence-electron chi connectivity index (χ0n) is 19.6. The summed E-state index contributed by atoms with van der Waals surface area (Å²) >= 11 is 1.87. The third kappa shape index (κ3) is 5.44. The second kappa shape index (κ2) is 10.5. The zero-order chi connectivity index (χ0) is 22.5. The number of ketones is 1. The highest BCUT2D eigenvalue weighted by atomic mass is 32.2. The first-order valence-corrected chi connectivity index (χ1v) is 12.6. The molecular formula is C28H36O2S. The van der Waals surface area contributed by atoms with E-state index in [-0.39, 0.29) is 11.7 Å². The van der Waals surface area contributed by atoms with Crippen LogP contribution < -0.4 is 0 Å². The Bertz CT molecular complexity index is 946. The maximum atomic E-state index is 13.2. The summed E-state index contributed by atoms with van der Waals surface area (Å²) < 4.78 is 0. The van der Waals surface area contributed by atoms with Gasteiger partial charge < -0.3 is 5.11 Å². The van der Waals surface area contributed by atoms with Gasteiger partial charge in [-0.3, -0.25) is 4.79 Å². The van der Waals surface area contributed by atoms with Gasteiger partial charge in [0.15, 0.2) is 5.78 Å². The molecule has 0 aromatic heterocycles. The maximum Gasteiger partial charge on any atom is 0.167 e. The summed E-state index contributed by atoms with van der Waals surface area (Å²) in [5.74, 6) is 2.09. The molecule has 0 amide bonds. The molecule has 0 spiro atoms. The first kappa shape index (κ1) is 23.7. The minimum Gasteiger partial charge on any atom is -0.512 e. The van der Waals surface area contributed by atoms with E-state index in [9.17, 15) is 9.90 Å². The van der Waals surface area contributed by atoms with Crippen LogP contribution in [-0.4, -0.2) is 16.6 Å². The van der Waals surface area contributed by atoms with E-state index in [1.807, 2.05) is 11.8 Å². The van der Waals surface area contributed by atoms with Crippen molar-refractivity contribution in [3.63, 3.8) is 0 Å². The van der Waals surface area contributed by atoms with Gasteiger partial charge in [0, 0.05) is 17.7 Å². The van der Waals surface area contributed by atoms with Gasteiger partial charge in [-0.15, -0.1) is 11.8 Å². The summed E-state index contributed by atoms with van der Waals surface area (Å²) in [4.78, 5) is 14.5. The highest BCUT2D eigenvalue weighted by molar-refractivity contribution is 7.99. The lowest BCUT2D eigenvalue weighted by Crippen LogP contribution is -2.21. The monoisotopic (exact) mass is 436 g/mol. The van der Waals surface area contributed by atoms with Crippen molar-refractivity contribution in [2.24, 2.45) is 5.92 Å². The van der Waals surface area contributed by atoms with Crippen LogP contribution in [-0.2, 0) is 17.6 Å². The van der Waals surface area contributed by atoms with E-state index in [0.717, 1.165) is 30.6 Å². The fourth-order valence-corrected chi connectivity index (χ4v) is 6.02. The van der Waals surface area contributed by atoms with Crippen molar-refractivity contribution < 1.29 is 9.90 Å². The number of hydrogen-bond donors (Lipinski definition) is 1. The molecule has 0 fully saturated rings. The number of aliphatic hydroxyl groups is 1. The van der Waals surface area contributed by atoms with Gasteiger partial charge in [0.1, 0.15) is 5.76 Å². The molecule has 0 bridgehead atoms. The van der Waals surface area contributed by atoms with Crippen molar-refractivity contribution in [1.29, 1.82) is 0 Å². The van der Waals surface area contributed by atoms with Crippen LogP contribution in [0.15, 0.2) is 47.1 Å². The normalized spacial score (nSPS) is 17.0. The molecule has 0 saturated heterocycles. The molecule has 1 aliphatic carbocycles. The van der Waals surface area contributed by atoms with E-state index in [1.165, 1.54) is 27.1 Å². The van der Waals surface area contributed by atoms with Crippen molar-refractivity contribution in [3.8, 4) is 0 Å². The Hall–Kier alpha value is -2.00. The Morgan fingerprint density at radius 2 is 1.71 bits per heavy atom. The average Bonchev–Trinajstić information content (AvgIpc) is 2.74. The number of aryl methyl sites for hydroxylation is 3. The topological polar surface area (TPSA) is 37.3 Å². The molecule has 1 N–H and O–H groups in total. The molecule has 2 aromatic rings. The lowest BCUT2D eigenvalue weighted by Gasteiger charge is -2.26.